The molecule has 0 aromatic heterocycles. The van der Waals surface area contributed by atoms with E-state index in [0.29, 0.717) is 11.3 Å². The summed E-state index contributed by atoms with van der Waals surface area (Å²) in [6.07, 6.45) is -0.197. The molecule has 1 rings (SSSR count). The molecule has 0 radical (unpaired) electrons. The van der Waals surface area contributed by atoms with Crippen molar-refractivity contribution in [1.82, 2.24) is 5.32 Å². The molecule has 0 fully saturated rings. The number of ketones is 1. The molecular weight excluding hydrogens is 318 g/mol. The van der Waals surface area contributed by atoms with Crippen molar-refractivity contribution in [2.45, 2.75) is 18.8 Å². The van der Waals surface area contributed by atoms with E-state index in [2.05, 4.69) is 5.32 Å². The SMILES string of the molecule is COc1ccc(C(=O)CCC(=O)NCC(F)(F)CN)cc1.Cl. The van der Waals surface area contributed by atoms with E-state index in [9.17, 15) is 18.4 Å². The lowest BCUT2D eigenvalue weighted by atomic mass is 10.1. The predicted molar refractivity (Wildman–Crippen MR) is 80.8 cm³/mol. The molecule has 0 saturated heterocycles. The summed E-state index contributed by atoms with van der Waals surface area (Å²) in [5, 5.41) is 2.06. The van der Waals surface area contributed by atoms with Crippen LogP contribution in [0.4, 0.5) is 8.78 Å². The van der Waals surface area contributed by atoms with Crippen molar-refractivity contribution in [3.63, 3.8) is 0 Å². The molecule has 0 saturated carbocycles. The summed E-state index contributed by atoms with van der Waals surface area (Å²) in [5.41, 5.74) is 5.29. The first-order chi connectivity index (χ1) is 9.88. The average molecular weight is 337 g/mol. The van der Waals surface area contributed by atoms with Crippen LogP contribution in [0, 0.1) is 0 Å². The Kier molecular flexibility index (Phi) is 8.59. The highest BCUT2D eigenvalue weighted by Crippen LogP contribution is 2.13. The second kappa shape index (κ2) is 9.32. The highest BCUT2D eigenvalue weighted by Gasteiger charge is 2.27. The number of carbonyl (C=O) groups is 2. The van der Waals surface area contributed by atoms with Gasteiger partial charge in [-0.25, -0.2) is 8.78 Å². The largest absolute Gasteiger partial charge is 0.497 e. The first-order valence-electron chi connectivity index (χ1n) is 6.40. The maximum Gasteiger partial charge on any atom is 0.277 e. The molecule has 0 spiro atoms. The van der Waals surface area contributed by atoms with E-state index in [0.717, 1.165) is 0 Å². The molecule has 0 unspecified atom stereocenters. The number of methoxy groups -OCH3 is 1. The van der Waals surface area contributed by atoms with Gasteiger partial charge in [-0.2, -0.15) is 0 Å². The van der Waals surface area contributed by atoms with Crippen LogP contribution in [0.1, 0.15) is 23.2 Å². The minimum atomic E-state index is -3.13. The predicted octanol–water partition coefficient (Wildman–Crippen LogP) is 1.79. The first-order valence-corrected chi connectivity index (χ1v) is 6.40. The van der Waals surface area contributed by atoms with Crippen LogP contribution in [0.15, 0.2) is 24.3 Å². The third-order valence-corrected chi connectivity index (χ3v) is 2.83. The fourth-order valence-electron chi connectivity index (χ4n) is 1.54. The Morgan fingerprint density at radius 1 is 1.23 bits per heavy atom. The number of benzene rings is 1. The maximum absolute atomic E-state index is 12.8. The number of hydrogen-bond acceptors (Lipinski definition) is 4. The van der Waals surface area contributed by atoms with Crippen LogP contribution in [-0.4, -0.2) is 37.8 Å². The molecule has 124 valence electrons. The molecule has 1 aromatic carbocycles. The number of carbonyl (C=O) groups excluding carboxylic acids is 2. The summed E-state index contributed by atoms with van der Waals surface area (Å²) in [6, 6.07) is 6.44. The zero-order valence-corrected chi connectivity index (χ0v) is 12.9. The van der Waals surface area contributed by atoms with E-state index in [-0.39, 0.29) is 31.0 Å². The van der Waals surface area contributed by atoms with Crippen LogP contribution in [0.3, 0.4) is 0 Å². The van der Waals surface area contributed by atoms with E-state index < -0.39 is 24.9 Å². The van der Waals surface area contributed by atoms with Gasteiger partial charge in [0.2, 0.25) is 5.91 Å². The zero-order chi connectivity index (χ0) is 15.9. The minimum Gasteiger partial charge on any atom is -0.497 e. The topological polar surface area (TPSA) is 81.4 Å². The lowest BCUT2D eigenvalue weighted by Gasteiger charge is -2.14. The standard InChI is InChI=1S/C14H18F2N2O3.ClH/c1-21-11-4-2-10(3-5-11)12(19)6-7-13(20)18-9-14(15,16)8-17;/h2-5H,6-9,17H2,1H3,(H,18,20);1H. The molecule has 22 heavy (non-hydrogen) atoms. The van der Waals surface area contributed by atoms with E-state index in [1.807, 2.05) is 0 Å². The van der Waals surface area contributed by atoms with Crippen LogP contribution in [-0.2, 0) is 4.79 Å². The van der Waals surface area contributed by atoms with Crippen molar-refractivity contribution in [1.29, 1.82) is 0 Å². The second-order valence-electron chi connectivity index (χ2n) is 4.49. The molecule has 8 heteroatoms. The fraction of sp³-hybridized carbons (Fsp3) is 0.429. The number of ether oxygens (including phenoxy) is 1. The van der Waals surface area contributed by atoms with E-state index in [1.54, 1.807) is 24.3 Å². The van der Waals surface area contributed by atoms with Crippen LogP contribution < -0.4 is 15.8 Å². The van der Waals surface area contributed by atoms with Gasteiger partial charge in [0.1, 0.15) is 5.75 Å². The molecule has 0 atom stereocenters. The van der Waals surface area contributed by atoms with Crippen LogP contribution in [0.5, 0.6) is 5.75 Å². The molecule has 0 aliphatic carbocycles. The number of hydrogen-bond donors (Lipinski definition) is 2. The summed E-state index contributed by atoms with van der Waals surface area (Å²) in [4.78, 5) is 23.2. The molecule has 0 aliphatic heterocycles. The Labute approximate surface area is 133 Å². The average Bonchev–Trinajstić information content (AvgIpc) is 2.50. The van der Waals surface area contributed by atoms with Gasteiger partial charge in [-0.1, -0.05) is 0 Å². The highest BCUT2D eigenvalue weighted by atomic mass is 35.5. The van der Waals surface area contributed by atoms with Crippen LogP contribution in [0.25, 0.3) is 0 Å². The smallest absolute Gasteiger partial charge is 0.277 e. The number of alkyl halides is 2. The first kappa shape index (κ1) is 20.3. The molecule has 5 nitrogen and oxygen atoms in total. The van der Waals surface area contributed by atoms with Gasteiger partial charge in [0.25, 0.3) is 5.92 Å². The van der Waals surface area contributed by atoms with Crippen molar-refractivity contribution < 1.29 is 23.1 Å². The molecule has 3 N–H and O–H groups in total. The normalized spacial score (nSPS) is 10.5. The number of nitrogens with one attached hydrogen (secondary N) is 1. The van der Waals surface area contributed by atoms with E-state index >= 15 is 0 Å². The fourth-order valence-corrected chi connectivity index (χ4v) is 1.54. The summed E-state index contributed by atoms with van der Waals surface area (Å²) in [7, 11) is 1.51. The molecular formula is C14H19ClF2N2O3. The van der Waals surface area contributed by atoms with E-state index in [1.165, 1.54) is 7.11 Å². The minimum absolute atomic E-state index is 0. The number of Topliss-reactive ketones (excluding diaryl/α,β-unsaturated/α-hetero) is 1. The van der Waals surface area contributed by atoms with Gasteiger partial charge in [-0.15, -0.1) is 12.4 Å². The Balaban J connectivity index is 0.00000441. The number of nitrogens with two attached hydrogens (primary N) is 1. The quantitative estimate of drug-likeness (QED) is 0.709. The number of halogens is 3. The number of amides is 1. The van der Waals surface area contributed by atoms with Gasteiger partial charge in [0.05, 0.1) is 20.2 Å². The van der Waals surface area contributed by atoms with Crippen molar-refractivity contribution in [3.05, 3.63) is 29.8 Å². The summed E-state index contributed by atoms with van der Waals surface area (Å²) >= 11 is 0. The highest BCUT2D eigenvalue weighted by molar-refractivity contribution is 5.98. The lowest BCUT2D eigenvalue weighted by molar-refractivity contribution is -0.122. The Morgan fingerprint density at radius 2 is 1.82 bits per heavy atom. The molecule has 0 bridgehead atoms. The van der Waals surface area contributed by atoms with Gasteiger partial charge < -0.3 is 15.8 Å². The summed E-state index contributed by atoms with van der Waals surface area (Å²) in [6.45, 7) is -1.66. The van der Waals surface area contributed by atoms with Gasteiger partial charge in [0, 0.05) is 18.4 Å². The third kappa shape index (κ3) is 6.82. The van der Waals surface area contributed by atoms with Crippen molar-refractivity contribution >= 4 is 24.1 Å². The van der Waals surface area contributed by atoms with Crippen LogP contribution >= 0.6 is 12.4 Å². The maximum atomic E-state index is 12.8. The molecule has 1 aromatic rings. The van der Waals surface area contributed by atoms with Gasteiger partial charge in [-0.3, -0.25) is 9.59 Å². The second-order valence-corrected chi connectivity index (χ2v) is 4.49. The zero-order valence-electron chi connectivity index (χ0n) is 12.1. The third-order valence-electron chi connectivity index (χ3n) is 2.83. The Bertz CT molecular complexity index is 495. The van der Waals surface area contributed by atoms with Crippen LogP contribution in [0.2, 0.25) is 0 Å². The van der Waals surface area contributed by atoms with Gasteiger partial charge in [-0.05, 0) is 24.3 Å². The summed E-state index contributed by atoms with van der Waals surface area (Å²) in [5.74, 6) is -3.35. The van der Waals surface area contributed by atoms with Gasteiger partial charge in [0.15, 0.2) is 5.78 Å². The lowest BCUT2D eigenvalue weighted by Crippen LogP contribution is -2.41. The van der Waals surface area contributed by atoms with Crippen molar-refractivity contribution in [2.75, 3.05) is 20.2 Å². The molecule has 0 aliphatic rings. The molecule has 0 heterocycles. The molecule has 1 amide bonds. The summed E-state index contributed by atoms with van der Waals surface area (Å²) < 4.78 is 30.6. The van der Waals surface area contributed by atoms with E-state index in [4.69, 9.17) is 10.5 Å². The van der Waals surface area contributed by atoms with Gasteiger partial charge >= 0.3 is 0 Å². The Hall–Kier alpha value is -1.73. The van der Waals surface area contributed by atoms with Crippen molar-refractivity contribution in [2.24, 2.45) is 5.73 Å². The Morgan fingerprint density at radius 3 is 2.32 bits per heavy atom. The number of rotatable bonds is 8. The van der Waals surface area contributed by atoms with Crippen molar-refractivity contribution in [3.8, 4) is 5.75 Å². The monoisotopic (exact) mass is 336 g/mol.